The number of carbonyl (C=O) groups excluding carboxylic acids is 3. The summed E-state index contributed by atoms with van der Waals surface area (Å²) in [5, 5.41) is 22.6. The molecule has 1 heterocycles. The van der Waals surface area contributed by atoms with Gasteiger partial charge in [-0.25, -0.2) is 0 Å². The van der Waals surface area contributed by atoms with Crippen LogP contribution >= 0.6 is 23.1 Å². The van der Waals surface area contributed by atoms with Crippen LogP contribution < -0.4 is 16.0 Å². The van der Waals surface area contributed by atoms with Crippen LogP contribution in [0.1, 0.15) is 40.4 Å². The van der Waals surface area contributed by atoms with Gasteiger partial charge in [-0.3, -0.25) is 14.4 Å². The molecule has 3 N–H and O–H groups in total. The summed E-state index contributed by atoms with van der Waals surface area (Å²) in [6.45, 7) is 3.94. The number of thioether (sulfide) groups is 1. The molecule has 1 atom stereocenters. The van der Waals surface area contributed by atoms with Crippen LogP contribution in [-0.4, -0.2) is 23.0 Å². The number of hydrogen-bond acceptors (Lipinski definition) is 6. The molecule has 0 spiro atoms. The van der Waals surface area contributed by atoms with Crippen LogP contribution in [0.2, 0.25) is 0 Å². The van der Waals surface area contributed by atoms with Crippen molar-refractivity contribution in [3.05, 3.63) is 155 Å². The van der Waals surface area contributed by atoms with E-state index in [1.807, 2.05) is 98.1 Å². The molecule has 1 aromatic heterocycles. The number of nitrogens with zero attached hydrogens (tertiary/aromatic N) is 1. The van der Waals surface area contributed by atoms with Crippen LogP contribution in [0.25, 0.3) is 28.0 Å². The molecule has 0 saturated carbocycles. The smallest absolute Gasteiger partial charge is 0.272 e. The maximum absolute atomic E-state index is 13.8. The lowest BCUT2D eigenvalue weighted by Gasteiger charge is -2.16. The predicted molar refractivity (Wildman–Crippen MR) is 209 cm³/mol. The maximum Gasteiger partial charge on any atom is 0.272 e. The Kier molecular flexibility index (Phi) is 11.1. The summed E-state index contributed by atoms with van der Waals surface area (Å²) in [6.07, 6.45) is 2.22. The van der Waals surface area contributed by atoms with E-state index in [4.69, 9.17) is 0 Å². The van der Waals surface area contributed by atoms with E-state index in [0.29, 0.717) is 28.2 Å². The number of thiophene rings is 1. The first-order valence-corrected chi connectivity index (χ1v) is 18.1. The molecule has 0 saturated heterocycles. The van der Waals surface area contributed by atoms with Gasteiger partial charge in [-0.2, -0.15) is 5.26 Å². The number of anilines is 2. The zero-order valence-electron chi connectivity index (χ0n) is 28.0. The van der Waals surface area contributed by atoms with Gasteiger partial charge in [0, 0.05) is 27.1 Å². The minimum Gasteiger partial charge on any atom is -0.321 e. The van der Waals surface area contributed by atoms with Crippen molar-refractivity contribution < 1.29 is 14.4 Å². The Labute approximate surface area is 305 Å². The third kappa shape index (κ3) is 8.44. The summed E-state index contributed by atoms with van der Waals surface area (Å²) < 4.78 is 0. The number of rotatable bonds is 11. The Balaban J connectivity index is 1.20. The number of amides is 3. The van der Waals surface area contributed by atoms with E-state index in [0.717, 1.165) is 37.9 Å². The molecule has 0 aliphatic heterocycles. The highest BCUT2D eigenvalue weighted by molar-refractivity contribution is 8.00. The lowest BCUT2D eigenvalue weighted by atomic mass is 10.0. The summed E-state index contributed by atoms with van der Waals surface area (Å²) in [6, 6.07) is 39.8. The largest absolute Gasteiger partial charge is 0.321 e. The number of nitriles is 1. The summed E-state index contributed by atoms with van der Waals surface area (Å²) in [5.74, 6) is -1.12. The Morgan fingerprint density at radius 3 is 2.35 bits per heavy atom. The fourth-order valence-corrected chi connectivity index (χ4v) is 7.44. The first-order valence-electron chi connectivity index (χ1n) is 16.4. The molecule has 0 radical (unpaired) electrons. The van der Waals surface area contributed by atoms with Gasteiger partial charge in [-0.05, 0) is 71.7 Å². The summed E-state index contributed by atoms with van der Waals surface area (Å²) in [5.41, 5.74) is 5.06. The second-order valence-corrected chi connectivity index (χ2v) is 13.9. The van der Waals surface area contributed by atoms with Gasteiger partial charge in [-0.15, -0.1) is 23.1 Å². The SMILES string of the molecule is CCC(Sc1cccc(NC(=O)/C(=C\c2cccc3ccccc23)NC(=O)c2ccccc2)c1)C(=O)Nc1scc(-c2ccc(C)cc2)c1C#N. The molecular formula is C42H34N4O3S2. The van der Waals surface area contributed by atoms with Gasteiger partial charge in [0.25, 0.3) is 11.8 Å². The second-order valence-electron chi connectivity index (χ2n) is 11.8. The molecule has 7 nitrogen and oxygen atoms in total. The maximum atomic E-state index is 13.8. The molecule has 0 bridgehead atoms. The van der Waals surface area contributed by atoms with Gasteiger partial charge >= 0.3 is 0 Å². The number of hydrogen-bond donors (Lipinski definition) is 3. The van der Waals surface area contributed by atoms with Gasteiger partial charge in [0.1, 0.15) is 16.8 Å². The van der Waals surface area contributed by atoms with Gasteiger partial charge in [0.05, 0.1) is 10.8 Å². The van der Waals surface area contributed by atoms with Crippen molar-refractivity contribution in [2.75, 3.05) is 10.6 Å². The Morgan fingerprint density at radius 2 is 1.59 bits per heavy atom. The second kappa shape index (κ2) is 16.2. The van der Waals surface area contributed by atoms with Gasteiger partial charge in [0.2, 0.25) is 5.91 Å². The molecule has 3 amide bonds. The van der Waals surface area contributed by atoms with E-state index in [1.165, 1.54) is 23.1 Å². The zero-order valence-corrected chi connectivity index (χ0v) is 29.6. The lowest BCUT2D eigenvalue weighted by molar-refractivity contribution is -0.116. The van der Waals surface area contributed by atoms with Crippen LogP contribution in [0.5, 0.6) is 0 Å². The number of benzene rings is 5. The van der Waals surface area contributed by atoms with Crippen molar-refractivity contribution in [2.24, 2.45) is 0 Å². The fraction of sp³-hybridized carbons (Fsp3) is 0.0952. The normalized spacial score (nSPS) is 11.7. The highest BCUT2D eigenvalue weighted by Crippen LogP contribution is 2.36. The third-order valence-corrected chi connectivity index (χ3v) is 10.4. The molecule has 51 heavy (non-hydrogen) atoms. The van der Waals surface area contributed by atoms with Crippen molar-refractivity contribution in [3.63, 3.8) is 0 Å². The highest BCUT2D eigenvalue weighted by atomic mass is 32.2. The quantitative estimate of drug-likeness (QED) is 0.0918. The van der Waals surface area contributed by atoms with Crippen molar-refractivity contribution in [1.29, 1.82) is 5.26 Å². The molecule has 6 rings (SSSR count). The fourth-order valence-electron chi connectivity index (χ4n) is 5.51. The van der Waals surface area contributed by atoms with Crippen molar-refractivity contribution in [1.82, 2.24) is 5.32 Å². The topological polar surface area (TPSA) is 111 Å². The molecule has 9 heteroatoms. The average Bonchev–Trinajstić information content (AvgIpc) is 3.56. The summed E-state index contributed by atoms with van der Waals surface area (Å²) in [7, 11) is 0. The molecule has 0 fully saturated rings. The molecular weight excluding hydrogens is 673 g/mol. The number of fused-ring (bicyclic) bond motifs is 1. The van der Waals surface area contributed by atoms with Gasteiger partial charge in [-0.1, -0.05) is 103 Å². The van der Waals surface area contributed by atoms with Crippen LogP contribution in [0.4, 0.5) is 10.7 Å². The number of aryl methyl sites for hydroxylation is 1. The Bertz CT molecular complexity index is 2280. The van der Waals surface area contributed by atoms with E-state index in [2.05, 4.69) is 22.0 Å². The van der Waals surface area contributed by atoms with Crippen molar-refractivity contribution in [2.45, 2.75) is 30.4 Å². The van der Waals surface area contributed by atoms with E-state index < -0.39 is 17.1 Å². The van der Waals surface area contributed by atoms with Crippen LogP contribution in [0.3, 0.4) is 0 Å². The summed E-state index contributed by atoms with van der Waals surface area (Å²) >= 11 is 2.70. The van der Waals surface area contributed by atoms with E-state index in [1.54, 1.807) is 48.5 Å². The van der Waals surface area contributed by atoms with Gasteiger partial charge in [0.15, 0.2) is 0 Å². The first kappa shape index (κ1) is 34.9. The monoisotopic (exact) mass is 706 g/mol. The van der Waals surface area contributed by atoms with Crippen LogP contribution in [0.15, 0.2) is 137 Å². The molecule has 5 aromatic carbocycles. The molecule has 252 valence electrons. The lowest BCUT2D eigenvalue weighted by Crippen LogP contribution is -2.30. The number of nitrogens with one attached hydrogen (secondary N) is 3. The standard InChI is InChI=1S/C42H34N4O3S2/c1-3-38(41(49)46-42-35(25-43)36(26-50-42)29-21-19-27(2)20-22-29)51-33-17-10-16-32(24-33)44-40(48)37(45-39(47)30-12-5-4-6-13-30)23-31-15-9-14-28-11-7-8-18-34(28)31/h4-24,26,38H,3H2,1-2H3,(H,44,48)(H,45,47)(H,46,49)/b37-23+. The summed E-state index contributed by atoms with van der Waals surface area (Å²) in [4.78, 5) is 41.3. The predicted octanol–water partition coefficient (Wildman–Crippen LogP) is 9.67. The van der Waals surface area contributed by atoms with E-state index >= 15 is 0 Å². The van der Waals surface area contributed by atoms with E-state index in [9.17, 15) is 19.6 Å². The highest BCUT2D eigenvalue weighted by Gasteiger charge is 2.22. The van der Waals surface area contributed by atoms with Gasteiger partial charge < -0.3 is 16.0 Å². The molecule has 1 unspecified atom stereocenters. The Morgan fingerprint density at radius 1 is 0.863 bits per heavy atom. The molecule has 0 aliphatic carbocycles. The van der Waals surface area contributed by atoms with Crippen molar-refractivity contribution >= 4 is 68.4 Å². The van der Waals surface area contributed by atoms with Crippen LogP contribution in [-0.2, 0) is 9.59 Å². The zero-order chi connectivity index (χ0) is 35.7. The minimum absolute atomic E-state index is 0.0818. The van der Waals surface area contributed by atoms with Crippen LogP contribution in [0, 0.1) is 18.3 Å². The Hall–Kier alpha value is -5.95. The molecule has 0 aliphatic rings. The minimum atomic E-state index is -0.495. The first-order chi connectivity index (χ1) is 24.8. The van der Waals surface area contributed by atoms with E-state index in [-0.39, 0.29) is 11.6 Å². The third-order valence-electron chi connectivity index (χ3n) is 8.19. The molecule has 6 aromatic rings. The average molecular weight is 707 g/mol. The van der Waals surface area contributed by atoms with Crippen molar-refractivity contribution in [3.8, 4) is 17.2 Å². The number of carbonyl (C=O) groups is 3.